The Hall–Kier alpha value is -0.880. The van der Waals surface area contributed by atoms with E-state index in [4.69, 9.17) is 0 Å². The van der Waals surface area contributed by atoms with Crippen molar-refractivity contribution in [2.75, 3.05) is 29.9 Å². The monoisotopic (exact) mass is 330 g/mol. The van der Waals surface area contributed by atoms with Crippen LogP contribution in [0.2, 0.25) is 0 Å². The van der Waals surface area contributed by atoms with Gasteiger partial charge in [-0.3, -0.25) is 0 Å². The van der Waals surface area contributed by atoms with Gasteiger partial charge in [-0.1, -0.05) is 13.8 Å². The van der Waals surface area contributed by atoms with Gasteiger partial charge in [0, 0.05) is 19.1 Å². The number of nitrogens with one attached hydrogen (secondary N) is 1. The van der Waals surface area contributed by atoms with Crippen LogP contribution in [0, 0.1) is 0 Å². The molecule has 0 saturated carbocycles. The second-order valence-electron chi connectivity index (χ2n) is 4.28. The largest absolute Gasteiger partial charge is 0.395 e. The van der Waals surface area contributed by atoms with Crippen LogP contribution in [0.5, 0.6) is 0 Å². The fourth-order valence-corrected chi connectivity index (χ4v) is 2.72. The molecule has 0 atom stereocenters. The van der Waals surface area contributed by atoms with Gasteiger partial charge in [-0.05, 0) is 35.7 Å². The Kier molecular flexibility index (Phi) is 7.09. The Labute approximate surface area is 123 Å². The van der Waals surface area contributed by atoms with Crippen LogP contribution >= 0.6 is 15.9 Å². The minimum absolute atomic E-state index is 0.115. The third-order valence-electron chi connectivity index (χ3n) is 3.11. The molecule has 1 heterocycles. The molecule has 108 valence electrons. The van der Waals surface area contributed by atoms with E-state index >= 15 is 0 Å². The Morgan fingerprint density at radius 3 is 2.53 bits per heavy atom. The van der Waals surface area contributed by atoms with Crippen molar-refractivity contribution in [2.24, 2.45) is 0 Å². The van der Waals surface area contributed by atoms with Crippen LogP contribution < -0.4 is 10.2 Å². The van der Waals surface area contributed by atoms with Crippen LogP contribution in [0.4, 0.5) is 11.6 Å². The van der Waals surface area contributed by atoms with Crippen molar-refractivity contribution >= 4 is 27.6 Å². The lowest BCUT2D eigenvalue weighted by atomic mass is 10.1. The average molecular weight is 331 g/mol. The van der Waals surface area contributed by atoms with Gasteiger partial charge in [0.15, 0.2) is 0 Å². The lowest BCUT2D eigenvalue weighted by molar-refractivity contribution is 0.295. The Morgan fingerprint density at radius 1 is 1.32 bits per heavy atom. The molecule has 2 N–H and O–H groups in total. The molecule has 0 unspecified atom stereocenters. The fraction of sp³-hybridized carbons (Fsp3) is 0.692. The standard InChI is InChI=1S/C13H23BrN4O/c1-4-10(5-2)18(7-8-19)13-11(14)12(15-6-3)16-9-17-13/h9-10,19H,4-8H2,1-3H3,(H,15,16,17). The highest BCUT2D eigenvalue weighted by molar-refractivity contribution is 9.10. The van der Waals surface area contributed by atoms with E-state index in [0.29, 0.717) is 12.6 Å². The first-order valence-electron chi connectivity index (χ1n) is 6.81. The maximum atomic E-state index is 9.29. The predicted molar refractivity (Wildman–Crippen MR) is 82.7 cm³/mol. The van der Waals surface area contributed by atoms with Gasteiger partial charge in [0.25, 0.3) is 0 Å². The first-order valence-corrected chi connectivity index (χ1v) is 7.60. The van der Waals surface area contributed by atoms with E-state index < -0.39 is 0 Å². The molecular formula is C13H23BrN4O. The van der Waals surface area contributed by atoms with Crippen LogP contribution in [-0.2, 0) is 0 Å². The zero-order valence-electron chi connectivity index (χ0n) is 11.9. The molecule has 0 aromatic carbocycles. The molecule has 0 bridgehead atoms. The molecule has 0 aliphatic rings. The van der Waals surface area contributed by atoms with Crippen molar-refractivity contribution in [3.05, 3.63) is 10.8 Å². The third kappa shape index (κ3) is 4.04. The fourth-order valence-electron chi connectivity index (χ4n) is 2.15. The molecule has 1 aromatic heterocycles. The number of aliphatic hydroxyl groups excluding tert-OH is 1. The van der Waals surface area contributed by atoms with Crippen molar-refractivity contribution in [3.8, 4) is 0 Å². The quantitative estimate of drug-likeness (QED) is 0.767. The molecule has 0 aliphatic carbocycles. The predicted octanol–water partition coefficient (Wildman–Crippen LogP) is 2.66. The second-order valence-corrected chi connectivity index (χ2v) is 5.07. The Morgan fingerprint density at radius 2 is 2.00 bits per heavy atom. The molecule has 0 radical (unpaired) electrons. The van der Waals surface area contributed by atoms with Crippen LogP contribution in [0.1, 0.15) is 33.6 Å². The summed E-state index contributed by atoms with van der Waals surface area (Å²) in [5.41, 5.74) is 0. The minimum atomic E-state index is 0.115. The highest BCUT2D eigenvalue weighted by atomic mass is 79.9. The van der Waals surface area contributed by atoms with Gasteiger partial charge in [-0.2, -0.15) is 0 Å². The molecule has 0 aliphatic heterocycles. The summed E-state index contributed by atoms with van der Waals surface area (Å²) in [6.45, 7) is 7.83. The Bertz CT molecular complexity index is 385. The summed E-state index contributed by atoms with van der Waals surface area (Å²) in [6, 6.07) is 0.368. The number of hydrogen-bond donors (Lipinski definition) is 2. The summed E-state index contributed by atoms with van der Waals surface area (Å²) in [7, 11) is 0. The first-order chi connectivity index (χ1) is 9.19. The number of rotatable bonds is 8. The van der Waals surface area contributed by atoms with Crippen molar-refractivity contribution in [1.82, 2.24) is 9.97 Å². The zero-order valence-corrected chi connectivity index (χ0v) is 13.4. The van der Waals surface area contributed by atoms with E-state index in [2.05, 4.69) is 50.0 Å². The molecule has 19 heavy (non-hydrogen) atoms. The van der Waals surface area contributed by atoms with Crippen LogP contribution in [-0.4, -0.2) is 40.8 Å². The van der Waals surface area contributed by atoms with E-state index in [9.17, 15) is 5.11 Å². The van der Waals surface area contributed by atoms with E-state index in [1.54, 1.807) is 6.33 Å². The zero-order chi connectivity index (χ0) is 14.3. The number of hydrogen-bond acceptors (Lipinski definition) is 5. The number of nitrogens with zero attached hydrogens (tertiary/aromatic N) is 3. The molecule has 0 amide bonds. The van der Waals surface area contributed by atoms with Crippen LogP contribution in [0.3, 0.4) is 0 Å². The van der Waals surface area contributed by atoms with Crippen molar-refractivity contribution < 1.29 is 5.11 Å². The Balaban J connectivity index is 3.11. The van der Waals surface area contributed by atoms with Gasteiger partial charge in [-0.15, -0.1) is 0 Å². The van der Waals surface area contributed by atoms with Gasteiger partial charge in [-0.25, -0.2) is 9.97 Å². The lowest BCUT2D eigenvalue weighted by Crippen LogP contribution is -2.37. The smallest absolute Gasteiger partial charge is 0.148 e. The summed E-state index contributed by atoms with van der Waals surface area (Å²) in [4.78, 5) is 10.7. The van der Waals surface area contributed by atoms with Gasteiger partial charge < -0.3 is 15.3 Å². The van der Waals surface area contributed by atoms with Crippen LogP contribution in [0.15, 0.2) is 10.8 Å². The molecule has 0 fully saturated rings. The van der Waals surface area contributed by atoms with Gasteiger partial charge in [0.1, 0.15) is 22.4 Å². The third-order valence-corrected chi connectivity index (χ3v) is 3.84. The normalized spacial score (nSPS) is 10.8. The van der Waals surface area contributed by atoms with Gasteiger partial charge in [0.05, 0.1) is 6.61 Å². The van der Waals surface area contributed by atoms with E-state index in [1.807, 2.05) is 6.92 Å². The molecular weight excluding hydrogens is 308 g/mol. The molecule has 0 spiro atoms. The highest BCUT2D eigenvalue weighted by Crippen LogP contribution is 2.31. The number of halogens is 1. The highest BCUT2D eigenvalue weighted by Gasteiger charge is 2.20. The van der Waals surface area contributed by atoms with Gasteiger partial charge in [0.2, 0.25) is 0 Å². The summed E-state index contributed by atoms with van der Waals surface area (Å²) in [5, 5.41) is 12.5. The summed E-state index contributed by atoms with van der Waals surface area (Å²) < 4.78 is 0.859. The summed E-state index contributed by atoms with van der Waals surface area (Å²) in [5.74, 6) is 1.63. The molecule has 1 aromatic rings. The minimum Gasteiger partial charge on any atom is -0.395 e. The SMILES string of the molecule is CCNc1ncnc(N(CCO)C(CC)CC)c1Br. The van der Waals surface area contributed by atoms with E-state index in [1.165, 1.54) is 0 Å². The van der Waals surface area contributed by atoms with E-state index in [-0.39, 0.29) is 6.61 Å². The van der Waals surface area contributed by atoms with Gasteiger partial charge >= 0.3 is 0 Å². The van der Waals surface area contributed by atoms with Crippen LogP contribution in [0.25, 0.3) is 0 Å². The molecule has 6 heteroatoms. The topological polar surface area (TPSA) is 61.3 Å². The number of anilines is 2. The second kappa shape index (κ2) is 8.32. The molecule has 0 saturated heterocycles. The summed E-state index contributed by atoms with van der Waals surface area (Å²) in [6.07, 6.45) is 3.60. The molecule has 5 nitrogen and oxygen atoms in total. The maximum Gasteiger partial charge on any atom is 0.148 e. The van der Waals surface area contributed by atoms with Crippen molar-refractivity contribution in [3.63, 3.8) is 0 Å². The number of aliphatic hydroxyl groups is 1. The number of aromatic nitrogens is 2. The lowest BCUT2D eigenvalue weighted by Gasteiger charge is -2.32. The van der Waals surface area contributed by atoms with E-state index in [0.717, 1.165) is 35.5 Å². The average Bonchev–Trinajstić information content (AvgIpc) is 2.42. The van der Waals surface area contributed by atoms with Crippen molar-refractivity contribution in [2.45, 2.75) is 39.7 Å². The maximum absolute atomic E-state index is 9.29. The van der Waals surface area contributed by atoms with Crippen molar-refractivity contribution in [1.29, 1.82) is 0 Å². The summed E-state index contributed by atoms with van der Waals surface area (Å²) >= 11 is 3.57. The molecule has 1 rings (SSSR count). The first kappa shape index (κ1) is 16.2.